The largest absolute Gasteiger partial charge is 0.460 e. The standard InChI is InChI=1S/C9H4F15I/c10-3(11,1-2-25)4(12,13)5(14,15)6(16,17)7(18,19)8(20,21)9(22,23)24/h1-2H2. The third-order valence-corrected chi connectivity index (χ3v) is 3.34. The summed E-state index contributed by atoms with van der Waals surface area (Å²) in [6.07, 6.45) is -9.86. The first kappa shape index (κ1) is 24.7. The molecule has 0 aliphatic rings. The predicted molar refractivity (Wildman–Crippen MR) is 59.2 cm³/mol. The Labute approximate surface area is 141 Å². The van der Waals surface area contributed by atoms with Crippen LogP contribution in [0.4, 0.5) is 65.9 Å². The van der Waals surface area contributed by atoms with Crippen LogP contribution < -0.4 is 0 Å². The monoisotopic (exact) mass is 524 g/mol. The quantitative estimate of drug-likeness (QED) is 0.212. The molecule has 0 radical (unpaired) electrons. The van der Waals surface area contributed by atoms with Crippen molar-refractivity contribution in [3.8, 4) is 0 Å². The molecule has 0 aromatic heterocycles. The maximum Gasteiger partial charge on any atom is 0.460 e. The van der Waals surface area contributed by atoms with E-state index in [1.807, 2.05) is 0 Å². The lowest BCUT2D eigenvalue weighted by molar-refractivity contribution is -0.452. The van der Waals surface area contributed by atoms with Crippen LogP contribution in [0.15, 0.2) is 0 Å². The molecule has 0 saturated carbocycles. The summed E-state index contributed by atoms with van der Waals surface area (Å²) >= 11 is 0.879. The molecule has 0 bridgehead atoms. The zero-order valence-electron chi connectivity index (χ0n) is 11.0. The van der Waals surface area contributed by atoms with Gasteiger partial charge in [0.05, 0.1) is 0 Å². The van der Waals surface area contributed by atoms with Crippen molar-refractivity contribution in [2.45, 2.75) is 48.1 Å². The van der Waals surface area contributed by atoms with Gasteiger partial charge in [-0.1, -0.05) is 22.6 Å². The van der Waals surface area contributed by atoms with Crippen LogP contribution in [0.25, 0.3) is 0 Å². The van der Waals surface area contributed by atoms with Gasteiger partial charge in [0.2, 0.25) is 0 Å². The van der Waals surface area contributed by atoms with Crippen molar-refractivity contribution in [2.24, 2.45) is 0 Å². The summed E-state index contributed by atoms with van der Waals surface area (Å²) in [5.41, 5.74) is 0. The highest BCUT2D eigenvalue weighted by atomic mass is 127. The Morgan fingerprint density at radius 2 is 0.720 bits per heavy atom. The summed E-state index contributed by atoms with van der Waals surface area (Å²) in [6.45, 7) is 0. The maximum absolute atomic E-state index is 13.0. The van der Waals surface area contributed by atoms with Gasteiger partial charge < -0.3 is 0 Å². The van der Waals surface area contributed by atoms with E-state index in [1.54, 1.807) is 0 Å². The molecule has 0 aromatic carbocycles. The molecule has 0 amide bonds. The molecule has 0 heterocycles. The zero-order valence-corrected chi connectivity index (χ0v) is 13.1. The molecule has 16 heteroatoms. The smallest absolute Gasteiger partial charge is 0.200 e. The Morgan fingerprint density at radius 1 is 0.440 bits per heavy atom. The van der Waals surface area contributed by atoms with Crippen LogP contribution in [0.5, 0.6) is 0 Å². The van der Waals surface area contributed by atoms with Crippen LogP contribution in [-0.2, 0) is 0 Å². The Bertz CT molecular complexity index is 476. The van der Waals surface area contributed by atoms with Gasteiger partial charge in [0, 0.05) is 10.8 Å². The molecule has 0 aliphatic carbocycles. The lowest BCUT2D eigenvalue weighted by Gasteiger charge is -2.41. The van der Waals surface area contributed by atoms with Crippen molar-refractivity contribution in [2.75, 3.05) is 4.43 Å². The lowest BCUT2D eigenvalue weighted by Crippen LogP contribution is -2.72. The molecule has 25 heavy (non-hydrogen) atoms. The van der Waals surface area contributed by atoms with Gasteiger partial charge in [-0.2, -0.15) is 65.9 Å². The van der Waals surface area contributed by atoms with E-state index in [2.05, 4.69) is 0 Å². The van der Waals surface area contributed by atoms with Crippen LogP contribution in [-0.4, -0.2) is 46.1 Å². The molecule has 0 fully saturated rings. The van der Waals surface area contributed by atoms with Crippen molar-refractivity contribution >= 4 is 22.6 Å². The fourth-order valence-electron chi connectivity index (χ4n) is 1.27. The summed E-state index contributed by atoms with van der Waals surface area (Å²) < 4.78 is 189. The van der Waals surface area contributed by atoms with Crippen molar-refractivity contribution < 1.29 is 65.9 Å². The minimum Gasteiger partial charge on any atom is -0.200 e. The first-order chi connectivity index (χ1) is 10.6. The Morgan fingerprint density at radius 3 is 1.00 bits per heavy atom. The molecular weight excluding hydrogens is 520 g/mol. The summed E-state index contributed by atoms with van der Waals surface area (Å²) in [5.74, 6) is -45.8. The van der Waals surface area contributed by atoms with Crippen molar-refractivity contribution in [1.82, 2.24) is 0 Å². The van der Waals surface area contributed by atoms with Crippen molar-refractivity contribution in [1.29, 1.82) is 0 Å². The summed E-state index contributed by atoms with van der Waals surface area (Å²) in [4.78, 5) is 0. The fraction of sp³-hybridized carbons (Fsp3) is 1.00. The van der Waals surface area contributed by atoms with Crippen molar-refractivity contribution in [3.05, 3.63) is 0 Å². The van der Waals surface area contributed by atoms with Gasteiger partial charge in [0.25, 0.3) is 0 Å². The zero-order chi connectivity index (χ0) is 20.9. The Kier molecular flexibility index (Phi) is 6.30. The van der Waals surface area contributed by atoms with Crippen LogP contribution >= 0.6 is 22.6 Å². The van der Waals surface area contributed by atoms with Crippen LogP contribution in [0, 0.1) is 0 Å². The van der Waals surface area contributed by atoms with E-state index in [4.69, 9.17) is 0 Å². The predicted octanol–water partition coefficient (Wildman–Crippen LogP) is 6.19. The van der Waals surface area contributed by atoms with Gasteiger partial charge in [-0.05, 0) is 0 Å². The van der Waals surface area contributed by atoms with E-state index >= 15 is 0 Å². The van der Waals surface area contributed by atoms with Crippen LogP contribution in [0.2, 0.25) is 0 Å². The minimum absolute atomic E-state index is 0.879. The molecule has 0 atom stereocenters. The second kappa shape index (κ2) is 6.38. The van der Waals surface area contributed by atoms with Crippen molar-refractivity contribution in [3.63, 3.8) is 0 Å². The molecule has 0 N–H and O–H groups in total. The maximum atomic E-state index is 13.0. The molecule has 0 saturated heterocycles. The number of hydrogen-bond acceptors (Lipinski definition) is 0. The van der Waals surface area contributed by atoms with E-state index in [-0.39, 0.29) is 0 Å². The molecule has 0 aromatic rings. The van der Waals surface area contributed by atoms with Gasteiger partial charge in [-0.15, -0.1) is 0 Å². The summed E-state index contributed by atoms with van der Waals surface area (Å²) in [7, 11) is 0. The SMILES string of the molecule is FC(F)(F)C(F)(F)C(F)(F)C(F)(F)C(F)(F)C(F)(F)C(F)(F)CCI. The third kappa shape index (κ3) is 3.35. The Balaban J connectivity index is 6.40. The van der Waals surface area contributed by atoms with Crippen LogP contribution in [0.1, 0.15) is 6.42 Å². The fourth-order valence-corrected chi connectivity index (χ4v) is 1.95. The molecule has 0 spiro atoms. The first-order valence-corrected chi connectivity index (χ1v) is 6.98. The second-order valence-electron chi connectivity index (χ2n) is 4.51. The number of halogens is 16. The van der Waals surface area contributed by atoms with Gasteiger partial charge >= 0.3 is 41.7 Å². The average molecular weight is 524 g/mol. The minimum atomic E-state index is -8.20. The summed E-state index contributed by atoms with van der Waals surface area (Å²) in [5, 5.41) is 0. The Hall–Kier alpha value is -0.320. The van der Waals surface area contributed by atoms with E-state index in [0.717, 1.165) is 22.6 Å². The molecule has 0 unspecified atom stereocenters. The average Bonchev–Trinajstić information content (AvgIpc) is 2.35. The van der Waals surface area contributed by atoms with E-state index < -0.39 is 52.6 Å². The summed E-state index contributed by atoms with van der Waals surface area (Å²) in [6, 6.07) is 0. The number of rotatable bonds is 7. The molecule has 0 aliphatic heterocycles. The van der Waals surface area contributed by atoms with E-state index in [0.29, 0.717) is 0 Å². The molecule has 0 rings (SSSR count). The first-order valence-electron chi connectivity index (χ1n) is 5.46. The lowest BCUT2D eigenvalue weighted by atomic mass is 9.90. The topological polar surface area (TPSA) is 0 Å². The molecular formula is C9H4F15I. The third-order valence-electron chi connectivity index (χ3n) is 2.80. The molecule has 152 valence electrons. The highest BCUT2D eigenvalue weighted by Gasteiger charge is 2.93. The molecule has 0 nitrogen and oxygen atoms in total. The normalized spacial score (nSPS) is 16.3. The van der Waals surface area contributed by atoms with E-state index in [1.165, 1.54) is 0 Å². The van der Waals surface area contributed by atoms with Crippen LogP contribution in [0.3, 0.4) is 0 Å². The van der Waals surface area contributed by atoms with Gasteiger partial charge in [0.1, 0.15) is 0 Å². The second-order valence-corrected chi connectivity index (χ2v) is 5.59. The van der Waals surface area contributed by atoms with Gasteiger partial charge in [-0.25, -0.2) is 0 Å². The van der Waals surface area contributed by atoms with Gasteiger partial charge in [-0.3, -0.25) is 0 Å². The number of alkyl halides is 16. The van der Waals surface area contributed by atoms with Gasteiger partial charge in [0.15, 0.2) is 0 Å². The number of hydrogen-bond donors (Lipinski definition) is 0. The van der Waals surface area contributed by atoms with E-state index in [9.17, 15) is 65.9 Å². The highest BCUT2D eigenvalue weighted by molar-refractivity contribution is 14.1. The highest BCUT2D eigenvalue weighted by Crippen LogP contribution is 2.62.